The van der Waals surface area contributed by atoms with Crippen molar-refractivity contribution in [2.24, 2.45) is 5.84 Å². The van der Waals surface area contributed by atoms with E-state index in [9.17, 15) is 0 Å². The number of halogens is 2. The van der Waals surface area contributed by atoms with Gasteiger partial charge < -0.3 is 0 Å². The van der Waals surface area contributed by atoms with Crippen LogP contribution in [-0.4, -0.2) is 9.78 Å². The lowest BCUT2D eigenvalue weighted by Gasteiger charge is -2.19. The number of aromatic nitrogens is 2. The van der Waals surface area contributed by atoms with Gasteiger partial charge in [0, 0.05) is 22.2 Å². The van der Waals surface area contributed by atoms with Gasteiger partial charge in [-0.15, -0.1) is 0 Å². The summed E-state index contributed by atoms with van der Waals surface area (Å²) in [5, 5.41) is 4.93. The second-order valence-electron chi connectivity index (χ2n) is 3.84. The molecule has 1 atom stereocenters. The molecule has 0 aliphatic carbocycles. The number of rotatable bonds is 4. The number of nitrogens with one attached hydrogen (secondary N) is 1. The minimum absolute atomic E-state index is 0.152. The Morgan fingerprint density at radius 2 is 2.28 bits per heavy atom. The van der Waals surface area contributed by atoms with Gasteiger partial charge in [-0.2, -0.15) is 5.10 Å². The van der Waals surface area contributed by atoms with E-state index < -0.39 is 0 Å². The number of nitrogens with zero attached hydrogens (tertiary/aromatic N) is 2. The number of hydrogen-bond acceptors (Lipinski definition) is 3. The number of aryl methyl sites for hydroxylation is 1. The van der Waals surface area contributed by atoms with E-state index in [1.54, 1.807) is 6.20 Å². The number of nitrogens with two attached hydrogens (primary N) is 1. The van der Waals surface area contributed by atoms with Crippen molar-refractivity contribution in [3.05, 3.63) is 51.2 Å². The molecule has 1 aromatic heterocycles. The van der Waals surface area contributed by atoms with Crippen LogP contribution >= 0.6 is 27.5 Å². The van der Waals surface area contributed by atoms with E-state index in [0.717, 1.165) is 22.3 Å². The van der Waals surface area contributed by atoms with Crippen LogP contribution in [-0.2, 0) is 6.54 Å². The van der Waals surface area contributed by atoms with E-state index in [2.05, 4.69) is 26.5 Å². The van der Waals surface area contributed by atoms with E-state index in [-0.39, 0.29) is 6.04 Å². The summed E-state index contributed by atoms with van der Waals surface area (Å²) < 4.78 is 2.86. The maximum atomic E-state index is 6.04. The Bertz CT molecular complexity index is 541. The van der Waals surface area contributed by atoms with Crippen molar-refractivity contribution in [1.82, 2.24) is 15.2 Å². The second-order valence-corrected chi connectivity index (χ2v) is 5.13. The lowest BCUT2D eigenvalue weighted by Crippen LogP contribution is -2.31. The summed E-state index contributed by atoms with van der Waals surface area (Å²) in [6.07, 6.45) is 1.77. The molecule has 0 amide bonds. The minimum Gasteiger partial charge on any atom is -0.271 e. The van der Waals surface area contributed by atoms with Crippen molar-refractivity contribution in [2.75, 3.05) is 0 Å². The molecular formula is C12H14BrClN4. The Morgan fingerprint density at radius 3 is 2.94 bits per heavy atom. The fourth-order valence-corrected chi connectivity index (χ4v) is 2.58. The first-order chi connectivity index (χ1) is 8.67. The molecule has 0 radical (unpaired) electrons. The molecule has 0 bridgehead atoms. The SMILES string of the molecule is CCn1nccc1C(NN)c1cc(Cl)ccc1Br. The van der Waals surface area contributed by atoms with Gasteiger partial charge >= 0.3 is 0 Å². The maximum absolute atomic E-state index is 6.04. The van der Waals surface area contributed by atoms with Crippen molar-refractivity contribution >= 4 is 27.5 Å². The summed E-state index contributed by atoms with van der Waals surface area (Å²) in [5.74, 6) is 5.68. The van der Waals surface area contributed by atoms with E-state index in [1.807, 2.05) is 35.9 Å². The predicted octanol–water partition coefficient (Wildman–Crippen LogP) is 2.87. The highest BCUT2D eigenvalue weighted by molar-refractivity contribution is 9.10. The standard InChI is InChI=1S/C12H14BrClN4/c1-2-18-11(5-6-16-18)12(17-15)9-7-8(14)3-4-10(9)13/h3-7,12,17H,2,15H2,1H3. The molecule has 18 heavy (non-hydrogen) atoms. The third kappa shape index (κ3) is 2.59. The Kier molecular flexibility index (Phi) is 4.40. The normalized spacial score (nSPS) is 12.7. The van der Waals surface area contributed by atoms with Crippen molar-refractivity contribution in [2.45, 2.75) is 19.5 Å². The van der Waals surface area contributed by atoms with Gasteiger partial charge in [0.25, 0.3) is 0 Å². The van der Waals surface area contributed by atoms with Crippen molar-refractivity contribution in [3.8, 4) is 0 Å². The molecule has 2 rings (SSSR count). The molecule has 0 saturated heterocycles. The van der Waals surface area contributed by atoms with Crippen LogP contribution < -0.4 is 11.3 Å². The minimum atomic E-state index is -0.152. The lowest BCUT2D eigenvalue weighted by molar-refractivity contribution is 0.542. The first-order valence-electron chi connectivity index (χ1n) is 5.60. The molecule has 0 aliphatic heterocycles. The van der Waals surface area contributed by atoms with Crippen LogP contribution in [0.2, 0.25) is 5.02 Å². The van der Waals surface area contributed by atoms with Gasteiger partial charge in [0.05, 0.1) is 11.7 Å². The third-order valence-electron chi connectivity index (χ3n) is 2.78. The number of hydrazine groups is 1. The molecule has 0 aliphatic rings. The first kappa shape index (κ1) is 13.5. The topological polar surface area (TPSA) is 55.9 Å². The highest BCUT2D eigenvalue weighted by Crippen LogP contribution is 2.30. The van der Waals surface area contributed by atoms with Crippen molar-refractivity contribution in [1.29, 1.82) is 0 Å². The molecule has 6 heteroatoms. The zero-order valence-corrected chi connectivity index (χ0v) is 12.2. The van der Waals surface area contributed by atoms with Crippen molar-refractivity contribution < 1.29 is 0 Å². The molecule has 2 aromatic rings. The molecule has 96 valence electrons. The monoisotopic (exact) mass is 328 g/mol. The van der Waals surface area contributed by atoms with Gasteiger partial charge in [-0.1, -0.05) is 27.5 Å². The summed E-state index contributed by atoms with van der Waals surface area (Å²) in [6.45, 7) is 2.83. The first-order valence-corrected chi connectivity index (χ1v) is 6.77. The van der Waals surface area contributed by atoms with Gasteiger partial charge in [-0.25, -0.2) is 5.43 Å². The molecule has 3 N–H and O–H groups in total. The van der Waals surface area contributed by atoms with E-state index in [1.165, 1.54) is 0 Å². The largest absolute Gasteiger partial charge is 0.271 e. The molecular weight excluding hydrogens is 316 g/mol. The summed E-state index contributed by atoms with van der Waals surface area (Å²) >= 11 is 9.56. The summed E-state index contributed by atoms with van der Waals surface area (Å²) in [7, 11) is 0. The van der Waals surface area contributed by atoms with Crippen LogP contribution in [0.25, 0.3) is 0 Å². The Morgan fingerprint density at radius 1 is 1.50 bits per heavy atom. The fourth-order valence-electron chi connectivity index (χ4n) is 1.92. The zero-order valence-electron chi connectivity index (χ0n) is 9.90. The molecule has 1 heterocycles. The van der Waals surface area contributed by atoms with Crippen LogP contribution in [0.3, 0.4) is 0 Å². The summed E-state index contributed by atoms with van der Waals surface area (Å²) in [5.41, 5.74) is 4.80. The predicted molar refractivity (Wildman–Crippen MR) is 76.2 cm³/mol. The molecule has 0 fully saturated rings. The van der Waals surface area contributed by atoms with E-state index >= 15 is 0 Å². The van der Waals surface area contributed by atoms with Crippen LogP contribution in [0.4, 0.5) is 0 Å². The highest BCUT2D eigenvalue weighted by Gasteiger charge is 2.19. The van der Waals surface area contributed by atoms with Crippen LogP contribution in [0, 0.1) is 0 Å². The number of hydrogen-bond donors (Lipinski definition) is 2. The van der Waals surface area contributed by atoms with Gasteiger partial charge in [-0.05, 0) is 36.8 Å². The van der Waals surface area contributed by atoms with Crippen LogP contribution in [0.1, 0.15) is 24.2 Å². The van der Waals surface area contributed by atoms with Crippen LogP contribution in [0.15, 0.2) is 34.9 Å². The molecule has 0 spiro atoms. The zero-order chi connectivity index (χ0) is 13.1. The van der Waals surface area contributed by atoms with Gasteiger partial charge in [0.2, 0.25) is 0 Å². The smallest absolute Gasteiger partial charge is 0.0889 e. The second kappa shape index (κ2) is 5.84. The third-order valence-corrected chi connectivity index (χ3v) is 3.74. The quantitative estimate of drug-likeness (QED) is 0.670. The molecule has 1 unspecified atom stereocenters. The fraction of sp³-hybridized carbons (Fsp3) is 0.250. The summed E-state index contributed by atoms with van der Waals surface area (Å²) in [6, 6.07) is 7.43. The summed E-state index contributed by atoms with van der Waals surface area (Å²) in [4.78, 5) is 0. The molecule has 1 aromatic carbocycles. The Labute approximate surface area is 119 Å². The van der Waals surface area contributed by atoms with Gasteiger partial charge in [0.1, 0.15) is 0 Å². The van der Waals surface area contributed by atoms with Gasteiger partial charge in [0.15, 0.2) is 0 Å². The Balaban J connectivity index is 2.48. The Hall–Kier alpha value is -0.880. The van der Waals surface area contributed by atoms with Crippen LogP contribution in [0.5, 0.6) is 0 Å². The van der Waals surface area contributed by atoms with E-state index in [4.69, 9.17) is 17.4 Å². The number of benzene rings is 1. The van der Waals surface area contributed by atoms with Gasteiger partial charge in [-0.3, -0.25) is 10.5 Å². The maximum Gasteiger partial charge on any atom is 0.0889 e. The van der Waals surface area contributed by atoms with Crippen molar-refractivity contribution in [3.63, 3.8) is 0 Å². The molecule has 0 saturated carbocycles. The lowest BCUT2D eigenvalue weighted by atomic mass is 10.0. The average Bonchev–Trinajstić information content (AvgIpc) is 2.83. The molecule has 4 nitrogen and oxygen atoms in total. The average molecular weight is 330 g/mol. The highest BCUT2D eigenvalue weighted by atomic mass is 79.9. The van der Waals surface area contributed by atoms with E-state index in [0.29, 0.717) is 5.02 Å².